The van der Waals surface area contributed by atoms with Gasteiger partial charge in [-0.2, -0.15) is 0 Å². The van der Waals surface area contributed by atoms with Crippen LogP contribution < -0.4 is 4.74 Å². The molecule has 2 rings (SSSR count). The largest absolute Gasteiger partial charge is 0.494 e. The average Bonchev–Trinajstić information content (AvgIpc) is 2.84. The van der Waals surface area contributed by atoms with Crippen molar-refractivity contribution in [2.24, 2.45) is 0 Å². The van der Waals surface area contributed by atoms with Crippen LogP contribution in [0.4, 0.5) is 0 Å². The molecule has 0 saturated carbocycles. The molecule has 4 heteroatoms. The number of aryl methyl sites for hydroxylation is 1. The molecule has 2 N–H and O–H groups in total. The fourth-order valence-electron chi connectivity index (χ4n) is 3.34. The standard InChI is InChI=1S/C28H34O2.C2H4O2/c1-3-24-13-17-27(26(4-2)23-24)18-14-25-15-19-28(20-16-25)30-22-12-10-8-6-5-7-9-11-21-29;1-2(3)4/h1,13,15-17,19-20,23,29H,4-12,21-22H2,2H3;1H3,(H,3,4). The highest BCUT2D eigenvalue weighted by Crippen LogP contribution is 2.15. The van der Waals surface area contributed by atoms with Crippen molar-refractivity contribution >= 4 is 5.97 Å². The summed E-state index contributed by atoms with van der Waals surface area (Å²) in [5, 5.41) is 16.2. The monoisotopic (exact) mass is 462 g/mol. The summed E-state index contributed by atoms with van der Waals surface area (Å²) in [6.07, 6.45) is 15.8. The van der Waals surface area contributed by atoms with E-state index in [-0.39, 0.29) is 0 Å². The van der Waals surface area contributed by atoms with Gasteiger partial charge in [0.15, 0.2) is 0 Å². The molecular formula is C30H38O4. The fourth-order valence-corrected chi connectivity index (χ4v) is 3.34. The van der Waals surface area contributed by atoms with Crippen LogP contribution in [0.15, 0.2) is 42.5 Å². The first kappa shape index (κ1) is 28.8. The predicted molar refractivity (Wildman–Crippen MR) is 139 cm³/mol. The van der Waals surface area contributed by atoms with E-state index in [1.165, 1.54) is 37.7 Å². The quantitative estimate of drug-likeness (QED) is 0.291. The molecule has 0 bridgehead atoms. The number of hydrogen-bond acceptors (Lipinski definition) is 3. The van der Waals surface area contributed by atoms with Gasteiger partial charge in [0.05, 0.1) is 6.61 Å². The lowest BCUT2D eigenvalue weighted by molar-refractivity contribution is -0.134. The zero-order valence-electron chi connectivity index (χ0n) is 20.6. The van der Waals surface area contributed by atoms with E-state index < -0.39 is 5.97 Å². The molecule has 0 heterocycles. The highest BCUT2D eigenvalue weighted by Gasteiger charge is 1.99. The van der Waals surface area contributed by atoms with Crippen molar-refractivity contribution in [3.8, 4) is 29.9 Å². The highest BCUT2D eigenvalue weighted by atomic mass is 16.5. The maximum absolute atomic E-state index is 9.00. The summed E-state index contributed by atoms with van der Waals surface area (Å²) in [5.41, 5.74) is 4.09. The molecule has 0 aliphatic heterocycles. The minimum atomic E-state index is -0.833. The second-order valence-electron chi connectivity index (χ2n) is 8.06. The van der Waals surface area contributed by atoms with E-state index in [1.54, 1.807) is 0 Å². The van der Waals surface area contributed by atoms with Crippen molar-refractivity contribution in [1.29, 1.82) is 0 Å². The Morgan fingerprint density at radius 2 is 1.44 bits per heavy atom. The molecule has 0 aliphatic carbocycles. The predicted octanol–water partition coefficient (Wildman–Crippen LogP) is 6.21. The second-order valence-corrected chi connectivity index (χ2v) is 8.06. The van der Waals surface area contributed by atoms with Crippen LogP contribution in [-0.4, -0.2) is 29.4 Å². The minimum absolute atomic E-state index is 0.325. The number of aliphatic hydroxyl groups excluding tert-OH is 1. The van der Waals surface area contributed by atoms with E-state index in [4.69, 9.17) is 26.2 Å². The summed E-state index contributed by atoms with van der Waals surface area (Å²) in [7, 11) is 0. The van der Waals surface area contributed by atoms with Gasteiger partial charge in [-0.05, 0) is 67.3 Å². The second kappa shape index (κ2) is 18.2. The zero-order chi connectivity index (χ0) is 25.0. The summed E-state index contributed by atoms with van der Waals surface area (Å²) in [6, 6.07) is 14.0. The third-order valence-corrected chi connectivity index (χ3v) is 5.17. The average molecular weight is 463 g/mol. The van der Waals surface area contributed by atoms with Crippen molar-refractivity contribution < 1.29 is 19.7 Å². The molecule has 0 saturated heterocycles. The smallest absolute Gasteiger partial charge is 0.300 e. The number of aliphatic hydroxyl groups is 1. The molecule has 0 atom stereocenters. The van der Waals surface area contributed by atoms with Crippen molar-refractivity contribution in [1.82, 2.24) is 0 Å². The summed E-state index contributed by atoms with van der Waals surface area (Å²) in [5.74, 6) is 9.25. The van der Waals surface area contributed by atoms with Gasteiger partial charge in [-0.15, -0.1) is 6.42 Å². The maximum atomic E-state index is 9.00. The Hall–Kier alpha value is -3.21. The number of carboxylic acids is 1. The molecular weight excluding hydrogens is 424 g/mol. The van der Waals surface area contributed by atoms with E-state index >= 15 is 0 Å². The molecule has 34 heavy (non-hydrogen) atoms. The number of benzene rings is 2. The molecule has 0 radical (unpaired) electrons. The Balaban J connectivity index is 0.00000133. The molecule has 0 unspecified atom stereocenters. The van der Waals surface area contributed by atoms with Crippen LogP contribution in [0.2, 0.25) is 0 Å². The maximum Gasteiger partial charge on any atom is 0.300 e. The third-order valence-electron chi connectivity index (χ3n) is 5.17. The van der Waals surface area contributed by atoms with Gasteiger partial charge in [0.2, 0.25) is 0 Å². The van der Waals surface area contributed by atoms with Gasteiger partial charge in [-0.3, -0.25) is 4.79 Å². The van der Waals surface area contributed by atoms with Crippen molar-refractivity contribution in [3.63, 3.8) is 0 Å². The number of unbranched alkanes of at least 4 members (excludes halogenated alkanes) is 7. The molecule has 0 aliphatic rings. The van der Waals surface area contributed by atoms with Gasteiger partial charge < -0.3 is 14.9 Å². The minimum Gasteiger partial charge on any atom is -0.494 e. The van der Waals surface area contributed by atoms with E-state index in [0.29, 0.717) is 6.61 Å². The lowest BCUT2D eigenvalue weighted by Gasteiger charge is -2.06. The van der Waals surface area contributed by atoms with Crippen molar-refractivity contribution in [2.75, 3.05) is 13.2 Å². The Labute approximate surface area is 205 Å². The Kier molecular flexibility index (Phi) is 15.5. The van der Waals surface area contributed by atoms with Crippen LogP contribution in [0.25, 0.3) is 0 Å². The van der Waals surface area contributed by atoms with E-state index in [1.807, 2.05) is 42.5 Å². The topological polar surface area (TPSA) is 66.8 Å². The van der Waals surface area contributed by atoms with Gasteiger partial charge in [-0.25, -0.2) is 0 Å². The molecule has 2 aromatic carbocycles. The summed E-state index contributed by atoms with van der Waals surface area (Å²) in [6.45, 7) is 4.29. The van der Waals surface area contributed by atoms with Crippen LogP contribution in [0.5, 0.6) is 5.75 Å². The molecule has 4 nitrogen and oxygen atoms in total. The van der Waals surface area contributed by atoms with Crippen LogP contribution >= 0.6 is 0 Å². The van der Waals surface area contributed by atoms with Gasteiger partial charge in [-0.1, -0.05) is 63.2 Å². The van der Waals surface area contributed by atoms with Gasteiger partial charge in [0.25, 0.3) is 5.97 Å². The molecule has 182 valence electrons. The number of ether oxygens (including phenoxy) is 1. The van der Waals surface area contributed by atoms with E-state index in [2.05, 4.69) is 24.7 Å². The van der Waals surface area contributed by atoms with Crippen LogP contribution in [-0.2, 0) is 11.2 Å². The van der Waals surface area contributed by atoms with Gasteiger partial charge >= 0.3 is 0 Å². The lowest BCUT2D eigenvalue weighted by Crippen LogP contribution is -1.97. The number of aliphatic carboxylic acids is 1. The van der Waals surface area contributed by atoms with Gasteiger partial charge in [0.1, 0.15) is 5.75 Å². The summed E-state index contributed by atoms with van der Waals surface area (Å²) < 4.78 is 5.85. The summed E-state index contributed by atoms with van der Waals surface area (Å²) in [4.78, 5) is 9.00. The fraction of sp³-hybridized carbons (Fsp3) is 0.433. The van der Waals surface area contributed by atoms with Crippen LogP contribution in [0.1, 0.15) is 87.5 Å². The first-order valence-electron chi connectivity index (χ1n) is 12.1. The van der Waals surface area contributed by atoms with E-state index in [0.717, 1.165) is 61.7 Å². The molecule has 0 fully saturated rings. The van der Waals surface area contributed by atoms with Crippen LogP contribution in [0.3, 0.4) is 0 Å². The Morgan fingerprint density at radius 3 is 2.00 bits per heavy atom. The zero-order valence-corrected chi connectivity index (χ0v) is 20.6. The number of hydrogen-bond donors (Lipinski definition) is 2. The number of rotatable bonds is 12. The first-order chi connectivity index (χ1) is 16.5. The lowest BCUT2D eigenvalue weighted by atomic mass is 10.0. The molecule has 0 aromatic heterocycles. The van der Waals surface area contributed by atoms with Crippen LogP contribution in [0, 0.1) is 24.2 Å². The normalized spacial score (nSPS) is 9.71. The molecule has 0 amide bonds. The van der Waals surface area contributed by atoms with Crippen molar-refractivity contribution in [2.45, 2.75) is 71.6 Å². The van der Waals surface area contributed by atoms with E-state index in [9.17, 15) is 0 Å². The van der Waals surface area contributed by atoms with Gasteiger partial charge in [0, 0.05) is 30.2 Å². The molecule has 2 aromatic rings. The number of carboxylic acid groups (broad SMARTS) is 1. The summed E-state index contributed by atoms with van der Waals surface area (Å²) >= 11 is 0. The van der Waals surface area contributed by atoms with Crippen molar-refractivity contribution in [3.05, 3.63) is 64.7 Å². The Morgan fingerprint density at radius 1 is 0.882 bits per heavy atom. The number of carbonyl (C=O) groups is 1. The molecule has 0 spiro atoms. The highest BCUT2D eigenvalue weighted by molar-refractivity contribution is 5.63. The Bertz CT molecular complexity index is 938. The SMILES string of the molecule is C#Cc1ccc(C#Cc2ccc(OCCCCCCCCCCO)cc2)c(CC)c1.CC(=O)O. The first-order valence-corrected chi connectivity index (χ1v) is 12.1. The number of terminal acetylenes is 1. The third kappa shape index (κ3) is 13.4.